The van der Waals surface area contributed by atoms with Gasteiger partial charge in [-0.25, -0.2) is 0 Å². The van der Waals surface area contributed by atoms with Gasteiger partial charge >= 0.3 is 0 Å². The van der Waals surface area contributed by atoms with Crippen LogP contribution in [0.3, 0.4) is 0 Å². The number of benzene rings is 1. The van der Waals surface area contributed by atoms with E-state index in [1.54, 1.807) is 11.2 Å². The Morgan fingerprint density at radius 3 is 2.47 bits per heavy atom. The monoisotopic (exact) mass is 202 g/mol. The maximum Gasteiger partial charge on any atom is 0.255 e. The summed E-state index contributed by atoms with van der Waals surface area (Å²) in [5.74, 6) is 0.0614. The fourth-order valence-corrected chi connectivity index (χ4v) is 1.57. The summed E-state index contributed by atoms with van der Waals surface area (Å²) < 4.78 is 0. The second-order valence-electron chi connectivity index (χ2n) is 4.22. The van der Waals surface area contributed by atoms with Crippen molar-refractivity contribution in [2.75, 3.05) is 0 Å². The smallest absolute Gasteiger partial charge is 0.255 e. The van der Waals surface area contributed by atoms with E-state index in [1.165, 1.54) is 0 Å². The zero-order valence-electron chi connectivity index (χ0n) is 8.97. The lowest BCUT2D eigenvalue weighted by Crippen LogP contribution is -2.36. The molecule has 1 aliphatic heterocycles. The SMILES string of the molecule is CC1(C)N=CN(Cc2ccccc2)C1=O. The number of carbonyl (C=O) groups excluding carboxylic acids is 1. The number of amides is 1. The molecule has 78 valence electrons. The minimum atomic E-state index is -0.589. The van der Waals surface area contributed by atoms with Gasteiger partial charge in [-0.05, 0) is 19.4 Å². The van der Waals surface area contributed by atoms with E-state index in [1.807, 2.05) is 44.2 Å². The highest BCUT2D eigenvalue weighted by Crippen LogP contribution is 2.19. The molecule has 1 aliphatic rings. The quantitative estimate of drug-likeness (QED) is 0.720. The van der Waals surface area contributed by atoms with E-state index in [9.17, 15) is 4.79 Å². The largest absolute Gasteiger partial charge is 0.297 e. The summed E-state index contributed by atoms with van der Waals surface area (Å²) in [6.45, 7) is 4.26. The van der Waals surface area contributed by atoms with Crippen LogP contribution in [0.4, 0.5) is 0 Å². The molecule has 15 heavy (non-hydrogen) atoms. The van der Waals surface area contributed by atoms with Crippen LogP contribution in [0.2, 0.25) is 0 Å². The lowest BCUT2D eigenvalue weighted by molar-refractivity contribution is -0.130. The van der Waals surface area contributed by atoms with E-state index in [0.29, 0.717) is 6.54 Å². The molecule has 0 fully saturated rings. The zero-order chi connectivity index (χ0) is 10.9. The van der Waals surface area contributed by atoms with Gasteiger partial charge < -0.3 is 0 Å². The topological polar surface area (TPSA) is 32.7 Å². The molecule has 0 saturated carbocycles. The standard InChI is InChI=1S/C12H14N2O/c1-12(2)11(15)14(9-13-12)8-10-6-4-3-5-7-10/h3-7,9H,8H2,1-2H3. The number of nitrogens with zero attached hydrogens (tertiary/aromatic N) is 2. The molecule has 3 heteroatoms. The Morgan fingerprint density at radius 1 is 1.27 bits per heavy atom. The van der Waals surface area contributed by atoms with Crippen LogP contribution in [-0.4, -0.2) is 22.7 Å². The maximum absolute atomic E-state index is 11.8. The van der Waals surface area contributed by atoms with E-state index < -0.39 is 5.54 Å². The predicted octanol–water partition coefficient (Wildman–Crippen LogP) is 1.84. The maximum atomic E-state index is 11.8. The summed E-state index contributed by atoms with van der Waals surface area (Å²) in [4.78, 5) is 17.7. The Bertz CT molecular complexity index is 395. The molecule has 0 bridgehead atoms. The second kappa shape index (κ2) is 3.50. The average molecular weight is 202 g/mol. The first-order chi connectivity index (χ1) is 7.09. The van der Waals surface area contributed by atoms with Crippen LogP contribution < -0.4 is 0 Å². The molecular formula is C12H14N2O. The summed E-state index contributed by atoms with van der Waals surface area (Å²) in [6, 6.07) is 9.92. The predicted molar refractivity (Wildman–Crippen MR) is 59.6 cm³/mol. The number of rotatable bonds is 2. The van der Waals surface area contributed by atoms with Crippen LogP contribution in [0.5, 0.6) is 0 Å². The van der Waals surface area contributed by atoms with Crippen molar-refractivity contribution >= 4 is 12.2 Å². The van der Waals surface area contributed by atoms with Gasteiger partial charge in [-0.3, -0.25) is 14.7 Å². The van der Waals surface area contributed by atoms with Crippen molar-refractivity contribution in [2.24, 2.45) is 4.99 Å². The van der Waals surface area contributed by atoms with E-state index in [-0.39, 0.29) is 5.91 Å². The second-order valence-corrected chi connectivity index (χ2v) is 4.22. The van der Waals surface area contributed by atoms with Crippen molar-refractivity contribution in [3.05, 3.63) is 35.9 Å². The summed E-state index contributed by atoms with van der Waals surface area (Å²) >= 11 is 0. The zero-order valence-corrected chi connectivity index (χ0v) is 8.97. The van der Waals surface area contributed by atoms with Crippen molar-refractivity contribution in [1.82, 2.24) is 4.90 Å². The van der Waals surface area contributed by atoms with Crippen LogP contribution in [0, 0.1) is 0 Å². The molecule has 0 saturated heterocycles. The van der Waals surface area contributed by atoms with Crippen LogP contribution in [0.15, 0.2) is 35.3 Å². The molecule has 1 aromatic rings. The number of hydrogen-bond donors (Lipinski definition) is 0. The molecule has 3 nitrogen and oxygen atoms in total. The molecule has 0 atom stereocenters. The molecule has 0 spiro atoms. The molecule has 0 aliphatic carbocycles. The van der Waals surface area contributed by atoms with E-state index in [0.717, 1.165) is 5.56 Å². The van der Waals surface area contributed by atoms with Crippen LogP contribution in [0.25, 0.3) is 0 Å². The first-order valence-corrected chi connectivity index (χ1v) is 5.00. The Kier molecular flexibility index (Phi) is 2.31. The normalized spacial score (nSPS) is 18.5. The highest BCUT2D eigenvalue weighted by molar-refractivity contribution is 5.99. The molecule has 0 N–H and O–H groups in total. The van der Waals surface area contributed by atoms with Gasteiger partial charge in [0.25, 0.3) is 5.91 Å². The Morgan fingerprint density at radius 2 is 1.93 bits per heavy atom. The summed E-state index contributed by atoms with van der Waals surface area (Å²) in [5.41, 5.74) is 0.532. The molecule has 0 aromatic heterocycles. The summed E-state index contributed by atoms with van der Waals surface area (Å²) in [5, 5.41) is 0. The van der Waals surface area contributed by atoms with Crippen molar-refractivity contribution in [2.45, 2.75) is 25.9 Å². The molecule has 1 heterocycles. The van der Waals surface area contributed by atoms with Crippen molar-refractivity contribution in [1.29, 1.82) is 0 Å². The van der Waals surface area contributed by atoms with Crippen molar-refractivity contribution in [3.63, 3.8) is 0 Å². The Balaban J connectivity index is 2.10. The van der Waals surface area contributed by atoms with E-state index >= 15 is 0 Å². The molecular weight excluding hydrogens is 188 g/mol. The van der Waals surface area contributed by atoms with Gasteiger partial charge in [-0.1, -0.05) is 30.3 Å². The summed E-state index contributed by atoms with van der Waals surface area (Å²) in [6.07, 6.45) is 1.63. The van der Waals surface area contributed by atoms with Gasteiger partial charge in [-0.15, -0.1) is 0 Å². The third kappa shape index (κ3) is 1.91. The molecule has 2 rings (SSSR count). The van der Waals surface area contributed by atoms with E-state index in [2.05, 4.69) is 4.99 Å². The van der Waals surface area contributed by atoms with Gasteiger partial charge in [0.2, 0.25) is 0 Å². The lowest BCUT2D eigenvalue weighted by atomic mass is 10.1. The van der Waals surface area contributed by atoms with Crippen molar-refractivity contribution < 1.29 is 4.79 Å². The fourth-order valence-electron chi connectivity index (χ4n) is 1.57. The van der Waals surface area contributed by atoms with Crippen molar-refractivity contribution in [3.8, 4) is 0 Å². The van der Waals surface area contributed by atoms with Crippen LogP contribution in [-0.2, 0) is 11.3 Å². The minimum absolute atomic E-state index is 0.0614. The van der Waals surface area contributed by atoms with Gasteiger partial charge in [0, 0.05) is 0 Å². The minimum Gasteiger partial charge on any atom is -0.297 e. The molecule has 1 amide bonds. The van der Waals surface area contributed by atoms with Gasteiger partial charge in [0.1, 0.15) is 5.54 Å². The third-order valence-electron chi connectivity index (χ3n) is 2.50. The Labute approximate surface area is 89.4 Å². The highest BCUT2D eigenvalue weighted by Gasteiger charge is 2.35. The lowest BCUT2D eigenvalue weighted by Gasteiger charge is -2.17. The van der Waals surface area contributed by atoms with Crippen LogP contribution >= 0.6 is 0 Å². The van der Waals surface area contributed by atoms with E-state index in [4.69, 9.17) is 0 Å². The van der Waals surface area contributed by atoms with Gasteiger partial charge in [-0.2, -0.15) is 0 Å². The fraction of sp³-hybridized carbons (Fsp3) is 0.333. The average Bonchev–Trinajstić information content (AvgIpc) is 2.47. The molecule has 1 aromatic carbocycles. The number of carbonyl (C=O) groups is 1. The van der Waals surface area contributed by atoms with Crippen LogP contribution in [0.1, 0.15) is 19.4 Å². The van der Waals surface area contributed by atoms with Gasteiger partial charge in [0.15, 0.2) is 0 Å². The summed E-state index contributed by atoms with van der Waals surface area (Å²) in [7, 11) is 0. The molecule has 0 unspecified atom stereocenters. The highest BCUT2D eigenvalue weighted by atomic mass is 16.2. The third-order valence-corrected chi connectivity index (χ3v) is 2.50. The number of hydrogen-bond acceptors (Lipinski definition) is 2. The first-order valence-electron chi connectivity index (χ1n) is 5.00. The first kappa shape index (κ1) is 9.90. The Hall–Kier alpha value is -1.64. The number of aliphatic imine (C=N–C) groups is 1. The van der Waals surface area contributed by atoms with Gasteiger partial charge in [0.05, 0.1) is 12.9 Å². The molecule has 0 radical (unpaired) electrons.